The van der Waals surface area contributed by atoms with Crippen molar-refractivity contribution in [2.45, 2.75) is 39.2 Å². The zero-order chi connectivity index (χ0) is 15.2. The molecule has 1 heterocycles. The third kappa shape index (κ3) is 4.04. The lowest BCUT2D eigenvalue weighted by Crippen LogP contribution is -2.43. The number of nitrogens with one attached hydrogen (secondary N) is 3. The van der Waals surface area contributed by atoms with Gasteiger partial charge in [-0.25, -0.2) is 0 Å². The largest absolute Gasteiger partial charge is 0.352 e. The molecule has 0 saturated carbocycles. The van der Waals surface area contributed by atoms with Crippen LogP contribution in [0.2, 0.25) is 0 Å². The third-order valence-corrected chi connectivity index (χ3v) is 3.72. The number of piperidine rings is 1. The molecule has 1 aliphatic heterocycles. The second-order valence-corrected chi connectivity index (χ2v) is 5.38. The lowest BCUT2D eigenvalue weighted by Gasteiger charge is -2.23. The highest BCUT2D eigenvalue weighted by Crippen LogP contribution is 2.18. The van der Waals surface area contributed by atoms with E-state index in [2.05, 4.69) is 16.0 Å². The molecule has 1 fully saturated rings. The van der Waals surface area contributed by atoms with Crippen molar-refractivity contribution in [2.24, 2.45) is 0 Å². The van der Waals surface area contributed by atoms with E-state index in [4.69, 9.17) is 0 Å². The summed E-state index contributed by atoms with van der Waals surface area (Å²) in [5, 5.41) is 8.92. The summed E-state index contributed by atoms with van der Waals surface area (Å²) in [6, 6.07) is 5.23. The number of hydrogen-bond acceptors (Lipinski definition) is 3. The minimum atomic E-state index is -0.133. The van der Waals surface area contributed by atoms with Gasteiger partial charge in [0, 0.05) is 17.8 Å². The van der Waals surface area contributed by atoms with Crippen molar-refractivity contribution in [1.82, 2.24) is 10.6 Å². The number of carbonyl (C=O) groups excluding carboxylic acids is 2. The van der Waals surface area contributed by atoms with Crippen molar-refractivity contribution < 1.29 is 9.59 Å². The van der Waals surface area contributed by atoms with Gasteiger partial charge in [0.25, 0.3) is 5.91 Å². The van der Waals surface area contributed by atoms with Gasteiger partial charge in [-0.15, -0.1) is 0 Å². The Morgan fingerprint density at radius 3 is 2.81 bits per heavy atom. The molecule has 0 radical (unpaired) electrons. The van der Waals surface area contributed by atoms with E-state index >= 15 is 0 Å². The molecule has 1 atom stereocenters. The molecule has 5 nitrogen and oxygen atoms in total. The summed E-state index contributed by atoms with van der Waals surface area (Å²) in [4.78, 5) is 24.1. The van der Waals surface area contributed by atoms with E-state index in [9.17, 15) is 9.59 Å². The molecule has 2 rings (SSSR count). The predicted octanol–water partition coefficient (Wildman–Crippen LogP) is 1.83. The highest BCUT2D eigenvalue weighted by molar-refractivity contribution is 5.99. The Kier molecular flexibility index (Phi) is 5.33. The molecule has 0 unspecified atom stereocenters. The van der Waals surface area contributed by atoms with Crippen LogP contribution >= 0.6 is 0 Å². The fraction of sp³-hybridized carbons (Fsp3) is 0.500. The van der Waals surface area contributed by atoms with Crippen molar-refractivity contribution in [1.29, 1.82) is 0 Å². The number of hydrogen-bond donors (Lipinski definition) is 3. The van der Waals surface area contributed by atoms with E-state index in [0.29, 0.717) is 17.8 Å². The molecule has 21 heavy (non-hydrogen) atoms. The Morgan fingerprint density at radius 1 is 1.33 bits per heavy atom. The summed E-state index contributed by atoms with van der Waals surface area (Å²) in [5.41, 5.74) is 2.22. The second-order valence-electron chi connectivity index (χ2n) is 5.38. The van der Waals surface area contributed by atoms with Crippen LogP contribution in [0.4, 0.5) is 5.69 Å². The van der Waals surface area contributed by atoms with Gasteiger partial charge in [0.1, 0.15) is 0 Å². The number of anilines is 1. The summed E-state index contributed by atoms with van der Waals surface area (Å²) in [5.74, 6) is -0.144. The lowest BCUT2D eigenvalue weighted by molar-refractivity contribution is -0.118. The molecule has 5 heteroatoms. The van der Waals surface area contributed by atoms with Crippen molar-refractivity contribution >= 4 is 17.5 Å². The van der Waals surface area contributed by atoms with Crippen molar-refractivity contribution in [3.63, 3.8) is 0 Å². The third-order valence-electron chi connectivity index (χ3n) is 3.72. The fourth-order valence-corrected chi connectivity index (χ4v) is 2.46. The van der Waals surface area contributed by atoms with E-state index in [1.807, 2.05) is 19.9 Å². The average Bonchev–Trinajstić information content (AvgIpc) is 2.50. The smallest absolute Gasteiger partial charge is 0.251 e. The van der Waals surface area contributed by atoms with Crippen LogP contribution in [0.25, 0.3) is 0 Å². The summed E-state index contributed by atoms with van der Waals surface area (Å²) < 4.78 is 0. The van der Waals surface area contributed by atoms with E-state index in [0.717, 1.165) is 31.4 Å². The molecule has 2 amide bonds. The van der Waals surface area contributed by atoms with Crippen LogP contribution in [0.1, 0.15) is 42.1 Å². The van der Waals surface area contributed by atoms with Crippen LogP contribution in [0.3, 0.4) is 0 Å². The summed E-state index contributed by atoms with van der Waals surface area (Å²) in [6.07, 6.45) is 3.05. The normalized spacial score (nSPS) is 18.1. The number of carbonyl (C=O) groups is 2. The summed E-state index contributed by atoms with van der Waals surface area (Å²) >= 11 is 0. The Balaban J connectivity index is 2.09. The summed E-state index contributed by atoms with van der Waals surface area (Å²) in [6.45, 7) is 5.27. The molecular formula is C16H23N3O2. The molecule has 1 aromatic carbocycles. The highest BCUT2D eigenvalue weighted by Gasteiger charge is 2.21. The Bertz CT molecular complexity index is 522. The first-order valence-electron chi connectivity index (χ1n) is 7.55. The van der Waals surface area contributed by atoms with Crippen molar-refractivity contribution in [2.75, 3.05) is 18.4 Å². The maximum Gasteiger partial charge on any atom is 0.251 e. The molecule has 0 aliphatic carbocycles. The topological polar surface area (TPSA) is 70.2 Å². The Morgan fingerprint density at radius 2 is 2.14 bits per heavy atom. The first-order chi connectivity index (χ1) is 10.1. The Labute approximate surface area is 125 Å². The van der Waals surface area contributed by atoms with Crippen LogP contribution in [0, 0.1) is 6.92 Å². The minimum absolute atomic E-state index is 0.0224. The highest BCUT2D eigenvalue weighted by atomic mass is 16.2. The van der Waals surface area contributed by atoms with Gasteiger partial charge in [-0.1, -0.05) is 12.5 Å². The van der Waals surface area contributed by atoms with Crippen LogP contribution in [0.15, 0.2) is 18.2 Å². The maximum absolute atomic E-state index is 12.3. The second kappa shape index (κ2) is 7.22. The predicted molar refractivity (Wildman–Crippen MR) is 83.5 cm³/mol. The monoisotopic (exact) mass is 289 g/mol. The molecule has 3 N–H and O–H groups in total. The zero-order valence-electron chi connectivity index (χ0n) is 12.7. The number of benzene rings is 1. The first-order valence-corrected chi connectivity index (χ1v) is 7.55. The van der Waals surface area contributed by atoms with Gasteiger partial charge in [0.2, 0.25) is 5.91 Å². The van der Waals surface area contributed by atoms with Crippen molar-refractivity contribution in [3.8, 4) is 0 Å². The molecule has 1 aromatic rings. The lowest BCUT2D eigenvalue weighted by atomic mass is 10.0. The first kappa shape index (κ1) is 15.5. The van der Waals surface area contributed by atoms with E-state index in [1.54, 1.807) is 12.1 Å². The quantitative estimate of drug-likeness (QED) is 0.792. The van der Waals surface area contributed by atoms with Gasteiger partial charge in [0.15, 0.2) is 0 Å². The van der Waals surface area contributed by atoms with E-state index < -0.39 is 0 Å². The maximum atomic E-state index is 12.3. The number of rotatable bonds is 4. The van der Waals surface area contributed by atoms with Gasteiger partial charge < -0.3 is 16.0 Å². The minimum Gasteiger partial charge on any atom is -0.352 e. The molecule has 1 aliphatic rings. The standard InChI is InChI=1S/C16H23N3O2/c1-3-17-15(20)12-8-7-11(2)14(10-12)19-16(21)13-6-4-5-9-18-13/h7-8,10,13,18H,3-6,9H2,1-2H3,(H,17,20)(H,19,21)/t13-/m0/s1. The number of aryl methyl sites for hydroxylation is 1. The van der Waals surface area contributed by atoms with E-state index in [1.165, 1.54) is 0 Å². The van der Waals surface area contributed by atoms with Gasteiger partial charge in [-0.2, -0.15) is 0 Å². The Hall–Kier alpha value is -1.88. The summed E-state index contributed by atoms with van der Waals surface area (Å²) in [7, 11) is 0. The SMILES string of the molecule is CCNC(=O)c1ccc(C)c(NC(=O)[C@@H]2CCCCN2)c1. The van der Waals surface area contributed by atoms with Crippen LogP contribution in [0.5, 0.6) is 0 Å². The van der Waals surface area contributed by atoms with E-state index in [-0.39, 0.29) is 17.9 Å². The van der Waals surface area contributed by atoms with Gasteiger partial charge >= 0.3 is 0 Å². The molecule has 1 saturated heterocycles. The van der Waals surface area contributed by atoms with Crippen LogP contribution in [-0.2, 0) is 4.79 Å². The molecule has 0 bridgehead atoms. The van der Waals surface area contributed by atoms with Crippen LogP contribution in [-0.4, -0.2) is 30.9 Å². The molecular weight excluding hydrogens is 266 g/mol. The number of amides is 2. The van der Waals surface area contributed by atoms with Gasteiger partial charge in [-0.05, 0) is 50.9 Å². The zero-order valence-corrected chi connectivity index (χ0v) is 12.7. The van der Waals surface area contributed by atoms with Gasteiger partial charge in [0.05, 0.1) is 6.04 Å². The van der Waals surface area contributed by atoms with Gasteiger partial charge in [-0.3, -0.25) is 9.59 Å². The fourth-order valence-electron chi connectivity index (χ4n) is 2.46. The molecule has 0 aromatic heterocycles. The van der Waals surface area contributed by atoms with Crippen molar-refractivity contribution in [3.05, 3.63) is 29.3 Å². The molecule has 114 valence electrons. The average molecular weight is 289 g/mol. The molecule has 0 spiro atoms. The van der Waals surface area contributed by atoms with Crippen LogP contribution < -0.4 is 16.0 Å².